The number of aromatic nitrogens is 1. The second-order valence-corrected chi connectivity index (χ2v) is 6.47. The van der Waals surface area contributed by atoms with E-state index in [1.165, 1.54) is 36.4 Å². The molecular weight excluding hydrogens is 374 g/mol. The first kappa shape index (κ1) is 18.6. The van der Waals surface area contributed by atoms with Gasteiger partial charge in [-0.05, 0) is 12.1 Å². The Morgan fingerprint density at radius 3 is 2.61 bits per heavy atom. The Morgan fingerprint density at radius 2 is 1.86 bits per heavy atom. The maximum Gasteiger partial charge on any atom is 0.260 e. The molecule has 0 aromatic heterocycles. The molecule has 2 aliphatic heterocycles. The Kier molecular flexibility index (Phi) is 4.65. The molecule has 0 radical (unpaired) electrons. The van der Waals surface area contributed by atoms with Crippen LogP contribution in [0.5, 0.6) is 5.75 Å². The molecule has 1 aromatic carbocycles. The van der Waals surface area contributed by atoms with Gasteiger partial charge in [0.25, 0.3) is 11.2 Å². The third-order valence-electron chi connectivity index (χ3n) is 4.62. The quantitative estimate of drug-likeness (QED) is 0.242. The molecule has 0 amide bonds. The number of aliphatic hydroxyl groups is 4. The largest absolute Gasteiger partial charge is 0.618 e. The van der Waals surface area contributed by atoms with Crippen LogP contribution in [0.2, 0.25) is 0 Å². The van der Waals surface area contributed by atoms with Crippen LogP contribution in [0.3, 0.4) is 0 Å². The van der Waals surface area contributed by atoms with Gasteiger partial charge < -0.3 is 39.5 Å². The predicted octanol–water partition coefficient (Wildman–Crippen LogP) is -1.29. The summed E-state index contributed by atoms with van der Waals surface area (Å²) in [5.74, 6) is 0.234. The van der Waals surface area contributed by atoms with Gasteiger partial charge in [0.05, 0.1) is 6.61 Å². The highest BCUT2D eigenvalue weighted by molar-refractivity contribution is 5.73. The van der Waals surface area contributed by atoms with Crippen molar-refractivity contribution in [2.45, 2.75) is 30.7 Å². The Morgan fingerprint density at radius 1 is 1.07 bits per heavy atom. The molecule has 0 unspecified atom stereocenters. The Labute approximate surface area is 157 Å². The van der Waals surface area contributed by atoms with E-state index in [4.69, 9.17) is 13.9 Å². The summed E-state index contributed by atoms with van der Waals surface area (Å²) in [4.78, 5) is 11.5. The molecule has 0 bridgehead atoms. The Balaban J connectivity index is 1.69. The lowest BCUT2D eigenvalue weighted by Crippen LogP contribution is -2.60. The van der Waals surface area contributed by atoms with Crippen LogP contribution in [-0.2, 0) is 4.74 Å². The molecule has 4 rings (SSSR count). The lowest BCUT2D eigenvalue weighted by molar-refractivity contribution is -0.566. The topological polar surface area (TPSA) is 157 Å². The van der Waals surface area contributed by atoms with Crippen molar-refractivity contribution in [3.05, 3.63) is 51.8 Å². The average Bonchev–Trinajstić information content (AvgIpc) is 2.68. The smallest absolute Gasteiger partial charge is 0.260 e. The number of nitrogens with zero attached hydrogens (tertiary/aromatic N) is 1. The van der Waals surface area contributed by atoms with Crippen molar-refractivity contribution in [1.29, 1.82) is 0 Å². The zero-order valence-corrected chi connectivity index (χ0v) is 14.3. The zero-order chi connectivity index (χ0) is 20.0. The maximum absolute atomic E-state index is 12.5. The van der Waals surface area contributed by atoms with Crippen LogP contribution in [-0.4, -0.2) is 57.7 Å². The molecule has 1 aliphatic carbocycles. The second kappa shape index (κ2) is 7.00. The minimum atomic E-state index is -1.58. The van der Waals surface area contributed by atoms with Crippen molar-refractivity contribution in [2.24, 2.45) is 0 Å². The first-order valence-corrected chi connectivity index (χ1v) is 8.46. The van der Waals surface area contributed by atoms with Crippen LogP contribution in [0.15, 0.2) is 45.6 Å². The number of rotatable bonds is 3. The SMILES string of the molecule is O=c1ccc2[n+]([O-])c3ccc(O[C@@H]4O[C@H](CO)[C@@H](O)[C@H](O)[C@H]4O)cc3oc-2c1. The van der Waals surface area contributed by atoms with Gasteiger partial charge in [-0.1, -0.05) is 0 Å². The van der Waals surface area contributed by atoms with Crippen molar-refractivity contribution >= 4 is 11.1 Å². The molecule has 1 fully saturated rings. The van der Waals surface area contributed by atoms with Gasteiger partial charge in [0.1, 0.15) is 30.2 Å². The van der Waals surface area contributed by atoms with E-state index in [1.54, 1.807) is 0 Å². The van der Waals surface area contributed by atoms with Gasteiger partial charge in [-0.3, -0.25) is 4.79 Å². The summed E-state index contributed by atoms with van der Waals surface area (Å²) in [6.45, 7) is -0.586. The van der Waals surface area contributed by atoms with Gasteiger partial charge in [-0.15, -0.1) is 0 Å². The molecule has 2 heterocycles. The number of ether oxygens (including phenoxy) is 2. The van der Waals surface area contributed by atoms with Gasteiger partial charge in [0.15, 0.2) is 5.43 Å². The average molecular weight is 391 g/mol. The van der Waals surface area contributed by atoms with E-state index in [0.717, 1.165) is 0 Å². The van der Waals surface area contributed by atoms with Crippen molar-refractivity contribution < 1.29 is 39.0 Å². The van der Waals surface area contributed by atoms with Gasteiger partial charge in [-0.25, -0.2) is 0 Å². The number of hydrogen-bond donors (Lipinski definition) is 4. The minimum absolute atomic E-state index is 0.0972. The highest BCUT2D eigenvalue weighted by Crippen LogP contribution is 2.28. The van der Waals surface area contributed by atoms with Gasteiger partial charge in [0.2, 0.25) is 17.6 Å². The normalized spacial score (nSPS) is 27.9. The van der Waals surface area contributed by atoms with Crippen molar-refractivity contribution in [2.75, 3.05) is 6.61 Å². The zero-order valence-electron chi connectivity index (χ0n) is 14.3. The number of hydrogen-bond acceptors (Lipinski definition) is 9. The lowest BCUT2D eigenvalue weighted by atomic mass is 9.99. The fourth-order valence-corrected chi connectivity index (χ4v) is 3.11. The van der Waals surface area contributed by atoms with Crippen molar-refractivity contribution in [3.63, 3.8) is 0 Å². The summed E-state index contributed by atoms with van der Waals surface area (Å²) in [6.07, 6.45) is -7.14. The van der Waals surface area contributed by atoms with Crippen LogP contribution >= 0.6 is 0 Å². The van der Waals surface area contributed by atoms with Crippen LogP contribution in [0.4, 0.5) is 0 Å². The molecule has 0 spiro atoms. The second-order valence-electron chi connectivity index (χ2n) is 6.47. The van der Waals surface area contributed by atoms with E-state index >= 15 is 0 Å². The third kappa shape index (κ3) is 3.07. The predicted molar refractivity (Wildman–Crippen MR) is 92.5 cm³/mol. The lowest BCUT2D eigenvalue weighted by Gasteiger charge is -2.39. The van der Waals surface area contributed by atoms with Gasteiger partial charge >= 0.3 is 0 Å². The first-order chi connectivity index (χ1) is 13.4. The third-order valence-corrected chi connectivity index (χ3v) is 4.62. The molecule has 1 aromatic rings. The van der Waals surface area contributed by atoms with E-state index in [9.17, 15) is 30.4 Å². The number of aliphatic hydroxyl groups excluding tert-OH is 4. The molecule has 28 heavy (non-hydrogen) atoms. The fourth-order valence-electron chi connectivity index (χ4n) is 3.11. The van der Waals surface area contributed by atoms with Crippen LogP contribution in [0.25, 0.3) is 22.6 Å². The molecule has 1 saturated heterocycles. The maximum atomic E-state index is 12.5. The Hall–Kier alpha value is -2.76. The van der Waals surface area contributed by atoms with Crippen molar-refractivity contribution in [1.82, 2.24) is 0 Å². The minimum Gasteiger partial charge on any atom is -0.618 e. The van der Waals surface area contributed by atoms with E-state index in [2.05, 4.69) is 0 Å². The van der Waals surface area contributed by atoms with E-state index in [0.29, 0.717) is 4.73 Å². The summed E-state index contributed by atoms with van der Waals surface area (Å²) in [6, 6.07) is 8.04. The molecule has 3 aliphatic rings. The van der Waals surface area contributed by atoms with Crippen LogP contribution in [0, 0.1) is 5.21 Å². The summed E-state index contributed by atoms with van der Waals surface area (Å²) >= 11 is 0. The molecule has 5 atom stereocenters. The van der Waals surface area contributed by atoms with Gasteiger partial charge in [-0.2, -0.15) is 4.73 Å². The van der Waals surface area contributed by atoms with E-state index in [1.807, 2.05) is 0 Å². The molecule has 0 saturated carbocycles. The number of benzene rings is 2. The van der Waals surface area contributed by atoms with Crippen molar-refractivity contribution in [3.8, 4) is 17.2 Å². The summed E-state index contributed by atoms with van der Waals surface area (Å²) in [5, 5.41) is 51.4. The van der Waals surface area contributed by atoms with Crippen LogP contribution in [0.1, 0.15) is 0 Å². The molecule has 148 valence electrons. The highest BCUT2D eigenvalue weighted by Gasteiger charge is 2.44. The highest BCUT2D eigenvalue weighted by atomic mass is 16.7. The molecular formula is C18H17NO9. The molecule has 10 heteroatoms. The summed E-state index contributed by atoms with van der Waals surface area (Å²) in [7, 11) is 0. The standard InChI is InChI=1S/C18H17NO9/c20-7-14-15(22)16(23)17(24)18(28-14)26-9-2-4-11-13(6-9)27-12-5-8(21)1-3-10(12)19(11)25/h1-6,14-18,20,22-24H,7H2/t14-,15-,16+,17-,18-/m1/s1. The van der Waals surface area contributed by atoms with Gasteiger partial charge in [0, 0.05) is 24.3 Å². The van der Waals surface area contributed by atoms with E-state index in [-0.39, 0.29) is 33.7 Å². The first-order valence-electron chi connectivity index (χ1n) is 8.46. The summed E-state index contributed by atoms with van der Waals surface area (Å²) in [5.41, 5.74) is 0.182. The van der Waals surface area contributed by atoms with Crippen LogP contribution < -0.4 is 14.9 Å². The monoisotopic (exact) mass is 391 g/mol. The Bertz CT molecular complexity index is 1030. The molecule has 10 nitrogen and oxygen atoms in total. The number of fused-ring (bicyclic) bond motifs is 2. The summed E-state index contributed by atoms with van der Waals surface area (Å²) < 4.78 is 17.0. The van der Waals surface area contributed by atoms with E-state index < -0.39 is 37.3 Å². The molecule has 4 N–H and O–H groups in total. The fraction of sp³-hybridized carbons (Fsp3) is 0.333.